The molecular formula is C15H22N2O4. The molecule has 116 valence electrons. The first kappa shape index (κ1) is 14.4. The van der Waals surface area contributed by atoms with Crippen molar-refractivity contribution in [3.8, 4) is 0 Å². The SMILES string of the molecule is O=C(O)CCN(C(=O)C1CCCN1C(=O)C1CC1)C1CC1. The normalized spacial score (nSPS) is 25.0. The number of rotatable bonds is 6. The van der Waals surface area contributed by atoms with Crippen LogP contribution < -0.4 is 0 Å². The number of carboxylic acids is 1. The lowest BCUT2D eigenvalue weighted by Crippen LogP contribution is -2.49. The molecule has 1 saturated heterocycles. The van der Waals surface area contributed by atoms with Gasteiger partial charge in [0.15, 0.2) is 0 Å². The Morgan fingerprint density at radius 1 is 1.10 bits per heavy atom. The average molecular weight is 294 g/mol. The van der Waals surface area contributed by atoms with Gasteiger partial charge >= 0.3 is 5.97 Å². The van der Waals surface area contributed by atoms with Gasteiger partial charge in [-0.25, -0.2) is 0 Å². The van der Waals surface area contributed by atoms with Crippen molar-refractivity contribution in [2.24, 2.45) is 5.92 Å². The predicted octanol–water partition coefficient (Wildman–Crippen LogP) is 0.853. The highest BCUT2D eigenvalue weighted by atomic mass is 16.4. The Bertz CT molecular complexity index is 457. The summed E-state index contributed by atoms with van der Waals surface area (Å²) in [4.78, 5) is 39.2. The van der Waals surface area contributed by atoms with Gasteiger partial charge < -0.3 is 14.9 Å². The van der Waals surface area contributed by atoms with E-state index in [1.165, 1.54) is 0 Å². The van der Waals surface area contributed by atoms with Gasteiger partial charge in [0.05, 0.1) is 6.42 Å². The van der Waals surface area contributed by atoms with Crippen LogP contribution >= 0.6 is 0 Å². The molecule has 3 rings (SSSR count). The third kappa shape index (κ3) is 3.19. The van der Waals surface area contributed by atoms with Crippen LogP contribution in [0.1, 0.15) is 44.9 Å². The first-order chi connectivity index (χ1) is 10.1. The van der Waals surface area contributed by atoms with Gasteiger partial charge in [0.25, 0.3) is 0 Å². The van der Waals surface area contributed by atoms with Crippen LogP contribution in [0, 0.1) is 5.92 Å². The lowest BCUT2D eigenvalue weighted by Gasteiger charge is -2.30. The molecule has 1 aliphatic heterocycles. The van der Waals surface area contributed by atoms with E-state index in [0.29, 0.717) is 13.0 Å². The summed E-state index contributed by atoms with van der Waals surface area (Å²) in [6, 6.07) is -0.164. The zero-order valence-electron chi connectivity index (χ0n) is 12.2. The van der Waals surface area contributed by atoms with Crippen LogP contribution in [-0.4, -0.2) is 57.9 Å². The third-order valence-corrected chi connectivity index (χ3v) is 4.58. The highest BCUT2D eigenvalue weighted by molar-refractivity contribution is 5.90. The first-order valence-corrected chi connectivity index (χ1v) is 7.90. The van der Waals surface area contributed by atoms with E-state index in [0.717, 1.165) is 32.1 Å². The second-order valence-corrected chi connectivity index (χ2v) is 6.37. The van der Waals surface area contributed by atoms with Crippen molar-refractivity contribution in [3.05, 3.63) is 0 Å². The Morgan fingerprint density at radius 3 is 2.38 bits per heavy atom. The van der Waals surface area contributed by atoms with Gasteiger partial charge in [-0.2, -0.15) is 0 Å². The van der Waals surface area contributed by atoms with E-state index in [1.54, 1.807) is 9.80 Å². The van der Waals surface area contributed by atoms with E-state index in [1.807, 2.05) is 0 Å². The number of carbonyl (C=O) groups is 3. The van der Waals surface area contributed by atoms with Crippen molar-refractivity contribution in [1.29, 1.82) is 0 Å². The largest absolute Gasteiger partial charge is 0.481 e. The maximum absolute atomic E-state index is 12.7. The molecule has 1 N–H and O–H groups in total. The van der Waals surface area contributed by atoms with Crippen LogP contribution in [0.4, 0.5) is 0 Å². The maximum atomic E-state index is 12.7. The summed E-state index contributed by atoms with van der Waals surface area (Å²) in [5.41, 5.74) is 0. The quantitative estimate of drug-likeness (QED) is 0.788. The van der Waals surface area contributed by atoms with E-state index < -0.39 is 5.97 Å². The number of hydrogen-bond acceptors (Lipinski definition) is 3. The van der Waals surface area contributed by atoms with Crippen molar-refractivity contribution in [2.45, 2.75) is 57.0 Å². The summed E-state index contributed by atoms with van der Waals surface area (Å²) in [6.45, 7) is 0.934. The van der Waals surface area contributed by atoms with Gasteiger partial charge in [0.2, 0.25) is 11.8 Å². The lowest BCUT2D eigenvalue weighted by atomic mass is 10.1. The van der Waals surface area contributed by atoms with Crippen LogP contribution in [0.2, 0.25) is 0 Å². The average Bonchev–Trinajstić information content (AvgIpc) is 3.35. The van der Waals surface area contributed by atoms with E-state index in [9.17, 15) is 14.4 Å². The molecule has 1 atom stereocenters. The molecule has 0 spiro atoms. The molecule has 6 nitrogen and oxygen atoms in total. The zero-order valence-corrected chi connectivity index (χ0v) is 12.2. The molecule has 0 bridgehead atoms. The molecule has 3 fully saturated rings. The van der Waals surface area contributed by atoms with E-state index in [4.69, 9.17) is 5.11 Å². The molecule has 2 amide bonds. The Labute approximate surface area is 124 Å². The highest BCUT2D eigenvalue weighted by Gasteiger charge is 2.44. The highest BCUT2D eigenvalue weighted by Crippen LogP contribution is 2.35. The van der Waals surface area contributed by atoms with E-state index >= 15 is 0 Å². The van der Waals surface area contributed by atoms with Crippen LogP contribution in [0.25, 0.3) is 0 Å². The van der Waals surface area contributed by atoms with Crippen LogP contribution in [0.5, 0.6) is 0 Å². The number of carbonyl (C=O) groups excluding carboxylic acids is 2. The Balaban J connectivity index is 1.66. The van der Waals surface area contributed by atoms with Crippen LogP contribution in [0.15, 0.2) is 0 Å². The summed E-state index contributed by atoms with van der Waals surface area (Å²) >= 11 is 0. The van der Waals surface area contributed by atoms with E-state index in [-0.39, 0.29) is 42.8 Å². The topological polar surface area (TPSA) is 77.9 Å². The molecule has 3 aliphatic rings. The predicted molar refractivity (Wildman–Crippen MR) is 74.4 cm³/mol. The van der Waals surface area contributed by atoms with Crippen molar-refractivity contribution in [1.82, 2.24) is 9.80 Å². The summed E-state index contributed by atoms with van der Waals surface area (Å²) in [5.74, 6) is -0.664. The van der Waals surface area contributed by atoms with Crippen molar-refractivity contribution in [2.75, 3.05) is 13.1 Å². The minimum Gasteiger partial charge on any atom is -0.481 e. The Kier molecular flexibility index (Phi) is 3.87. The summed E-state index contributed by atoms with van der Waals surface area (Å²) in [6.07, 6.45) is 5.36. The monoisotopic (exact) mass is 294 g/mol. The second kappa shape index (κ2) is 5.66. The summed E-state index contributed by atoms with van der Waals surface area (Å²) in [5, 5.41) is 8.83. The van der Waals surface area contributed by atoms with Crippen LogP contribution in [0.3, 0.4) is 0 Å². The van der Waals surface area contributed by atoms with E-state index in [2.05, 4.69) is 0 Å². The number of aliphatic carboxylic acids is 1. The van der Waals surface area contributed by atoms with Gasteiger partial charge in [-0.15, -0.1) is 0 Å². The molecule has 2 aliphatic carbocycles. The zero-order chi connectivity index (χ0) is 15.0. The number of hydrogen-bond donors (Lipinski definition) is 1. The summed E-state index contributed by atoms with van der Waals surface area (Å²) in [7, 11) is 0. The molecule has 6 heteroatoms. The third-order valence-electron chi connectivity index (χ3n) is 4.58. The molecule has 1 heterocycles. The molecule has 1 unspecified atom stereocenters. The van der Waals surface area contributed by atoms with Gasteiger partial charge in [-0.3, -0.25) is 14.4 Å². The van der Waals surface area contributed by atoms with Gasteiger partial charge in [0.1, 0.15) is 6.04 Å². The standard InChI is InChI=1S/C15H22N2O4/c18-13(19)7-9-16(11-5-6-11)15(21)12-2-1-8-17(12)14(20)10-3-4-10/h10-12H,1-9H2,(H,18,19). The first-order valence-electron chi connectivity index (χ1n) is 7.90. The van der Waals surface area contributed by atoms with Gasteiger partial charge in [-0.05, 0) is 38.5 Å². The molecule has 2 saturated carbocycles. The number of likely N-dealkylation sites (tertiary alicyclic amines) is 1. The second-order valence-electron chi connectivity index (χ2n) is 6.37. The van der Waals surface area contributed by atoms with Crippen molar-refractivity contribution < 1.29 is 19.5 Å². The number of carboxylic acid groups (broad SMARTS) is 1. The maximum Gasteiger partial charge on any atom is 0.305 e. The van der Waals surface area contributed by atoms with Gasteiger partial charge in [0, 0.05) is 25.0 Å². The molecule has 0 radical (unpaired) electrons. The molecule has 0 aromatic carbocycles. The Hall–Kier alpha value is -1.59. The molecule has 0 aromatic rings. The number of nitrogens with zero attached hydrogens (tertiary/aromatic N) is 2. The molecule has 21 heavy (non-hydrogen) atoms. The fourth-order valence-corrected chi connectivity index (χ4v) is 3.12. The summed E-state index contributed by atoms with van der Waals surface area (Å²) < 4.78 is 0. The van der Waals surface area contributed by atoms with Crippen molar-refractivity contribution >= 4 is 17.8 Å². The minimum absolute atomic E-state index is 0.0223. The van der Waals surface area contributed by atoms with Crippen LogP contribution in [-0.2, 0) is 14.4 Å². The number of amides is 2. The molecule has 0 aromatic heterocycles. The minimum atomic E-state index is -0.884. The van der Waals surface area contributed by atoms with Crippen molar-refractivity contribution in [3.63, 3.8) is 0 Å². The lowest BCUT2D eigenvalue weighted by molar-refractivity contribution is -0.146. The fraction of sp³-hybridized carbons (Fsp3) is 0.800. The fourth-order valence-electron chi connectivity index (χ4n) is 3.12. The molecular weight excluding hydrogens is 272 g/mol. The Morgan fingerprint density at radius 2 is 1.81 bits per heavy atom. The van der Waals surface area contributed by atoms with Gasteiger partial charge in [-0.1, -0.05) is 0 Å². The smallest absolute Gasteiger partial charge is 0.305 e.